The lowest BCUT2D eigenvalue weighted by atomic mass is 10.2. The summed E-state index contributed by atoms with van der Waals surface area (Å²) in [5.74, 6) is -0.295. The van der Waals surface area contributed by atoms with Crippen LogP contribution in [0.3, 0.4) is 0 Å². The molecule has 2 aromatic rings. The normalized spacial score (nSPS) is 10.8. The molecule has 0 aliphatic rings. The van der Waals surface area contributed by atoms with Gasteiger partial charge in [0.25, 0.3) is 5.69 Å². The zero-order valence-electron chi connectivity index (χ0n) is 13.5. The minimum atomic E-state index is -0.449. The van der Waals surface area contributed by atoms with Gasteiger partial charge in [-0.05, 0) is 13.0 Å². The lowest BCUT2D eigenvalue weighted by molar-refractivity contribution is -0.384. The number of aromatic nitrogens is 1. The van der Waals surface area contributed by atoms with Crippen LogP contribution in [0.4, 0.5) is 11.4 Å². The largest absolute Gasteiger partial charge is 0.372 e. The predicted octanol–water partition coefficient (Wildman–Crippen LogP) is 2.12. The first-order valence-corrected chi connectivity index (χ1v) is 7.93. The average molecular weight is 347 g/mol. The van der Waals surface area contributed by atoms with Crippen molar-refractivity contribution in [1.82, 2.24) is 10.4 Å². The van der Waals surface area contributed by atoms with Crippen LogP contribution in [-0.2, 0) is 11.2 Å². The summed E-state index contributed by atoms with van der Waals surface area (Å²) in [6.07, 6.45) is 1.51. The van der Waals surface area contributed by atoms with E-state index in [1.807, 2.05) is 12.3 Å². The van der Waals surface area contributed by atoms with E-state index in [0.29, 0.717) is 16.9 Å². The first-order chi connectivity index (χ1) is 11.4. The Labute approximate surface area is 143 Å². The molecule has 0 saturated heterocycles. The van der Waals surface area contributed by atoms with Gasteiger partial charge < -0.3 is 4.90 Å². The Morgan fingerprint density at radius 1 is 1.50 bits per heavy atom. The summed E-state index contributed by atoms with van der Waals surface area (Å²) in [5, 5.41) is 17.7. The van der Waals surface area contributed by atoms with Crippen LogP contribution in [0, 0.1) is 17.0 Å². The van der Waals surface area contributed by atoms with Crippen molar-refractivity contribution in [2.45, 2.75) is 13.3 Å². The van der Waals surface area contributed by atoms with Gasteiger partial charge in [0.2, 0.25) is 5.91 Å². The molecule has 1 N–H and O–H groups in total. The minimum absolute atomic E-state index is 0.0202. The van der Waals surface area contributed by atoms with Crippen molar-refractivity contribution in [3.8, 4) is 0 Å². The number of benzene rings is 1. The van der Waals surface area contributed by atoms with Gasteiger partial charge in [-0.1, -0.05) is 6.07 Å². The monoisotopic (exact) mass is 347 g/mol. The van der Waals surface area contributed by atoms with Crippen molar-refractivity contribution in [1.29, 1.82) is 0 Å². The predicted molar refractivity (Wildman–Crippen MR) is 93.7 cm³/mol. The maximum Gasteiger partial charge on any atom is 0.293 e. The van der Waals surface area contributed by atoms with E-state index >= 15 is 0 Å². The Morgan fingerprint density at radius 3 is 2.83 bits per heavy atom. The third-order valence-electron chi connectivity index (χ3n) is 3.09. The van der Waals surface area contributed by atoms with E-state index in [4.69, 9.17) is 0 Å². The second-order valence-electron chi connectivity index (χ2n) is 5.23. The number of hydrazone groups is 1. The van der Waals surface area contributed by atoms with Crippen LogP contribution in [0.5, 0.6) is 0 Å². The van der Waals surface area contributed by atoms with Gasteiger partial charge in [-0.25, -0.2) is 10.4 Å². The first kappa shape index (κ1) is 17.5. The second kappa shape index (κ2) is 7.64. The number of nitrogens with zero attached hydrogens (tertiary/aromatic N) is 4. The van der Waals surface area contributed by atoms with Crippen LogP contribution < -0.4 is 10.3 Å². The zero-order chi connectivity index (χ0) is 17.7. The van der Waals surface area contributed by atoms with Crippen molar-refractivity contribution < 1.29 is 9.72 Å². The maximum absolute atomic E-state index is 11.8. The molecule has 0 fully saturated rings. The lowest BCUT2D eigenvalue weighted by Gasteiger charge is -2.12. The molecule has 9 heteroatoms. The van der Waals surface area contributed by atoms with Crippen LogP contribution in [0.1, 0.15) is 16.3 Å². The molecule has 0 spiro atoms. The standard InChI is InChI=1S/C15H17N5O3S/c1-10-17-12(9-24-10)7-15(21)18-16-8-11-4-5-13(19(2)3)14(6-11)20(22)23/h4-6,8-9H,7H2,1-3H3,(H,18,21)/b16-8-. The number of thiazole rings is 1. The smallest absolute Gasteiger partial charge is 0.293 e. The fourth-order valence-electron chi connectivity index (χ4n) is 2.02. The van der Waals surface area contributed by atoms with Gasteiger partial charge in [-0.3, -0.25) is 14.9 Å². The molecule has 0 radical (unpaired) electrons. The Hall–Kier alpha value is -2.81. The Morgan fingerprint density at radius 2 is 2.25 bits per heavy atom. The van der Waals surface area contributed by atoms with Gasteiger partial charge in [-0.15, -0.1) is 11.3 Å². The summed E-state index contributed by atoms with van der Waals surface area (Å²) in [7, 11) is 3.47. The number of hydrogen-bond acceptors (Lipinski definition) is 7. The third-order valence-corrected chi connectivity index (χ3v) is 3.91. The van der Waals surface area contributed by atoms with E-state index in [1.54, 1.807) is 31.1 Å². The summed E-state index contributed by atoms with van der Waals surface area (Å²) in [4.78, 5) is 28.3. The van der Waals surface area contributed by atoms with Gasteiger partial charge in [0.1, 0.15) is 5.69 Å². The number of aryl methyl sites for hydroxylation is 1. The van der Waals surface area contributed by atoms with Crippen LogP contribution >= 0.6 is 11.3 Å². The van der Waals surface area contributed by atoms with Crippen molar-refractivity contribution in [2.75, 3.05) is 19.0 Å². The molecular weight excluding hydrogens is 330 g/mol. The van der Waals surface area contributed by atoms with E-state index < -0.39 is 4.92 Å². The van der Waals surface area contributed by atoms with Gasteiger partial charge in [0, 0.05) is 31.1 Å². The van der Waals surface area contributed by atoms with Gasteiger partial charge in [-0.2, -0.15) is 5.10 Å². The Bertz CT molecular complexity index is 785. The number of hydrogen-bond donors (Lipinski definition) is 1. The van der Waals surface area contributed by atoms with Crippen LogP contribution in [0.15, 0.2) is 28.7 Å². The molecule has 0 bridgehead atoms. The molecule has 0 unspecified atom stereocenters. The van der Waals surface area contributed by atoms with E-state index in [9.17, 15) is 14.9 Å². The quantitative estimate of drug-likeness (QED) is 0.490. The summed E-state index contributed by atoms with van der Waals surface area (Å²) in [6.45, 7) is 1.87. The highest BCUT2D eigenvalue weighted by atomic mass is 32.1. The summed E-state index contributed by atoms with van der Waals surface area (Å²) in [5.41, 5.74) is 4.09. The van der Waals surface area contributed by atoms with Crippen LogP contribution in [-0.4, -0.2) is 36.1 Å². The van der Waals surface area contributed by atoms with Gasteiger partial charge >= 0.3 is 0 Å². The molecule has 126 valence electrons. The van der Waals surface area contributed by atoms with E-state index in [0.717, 1.165) is 5.01 Å². The third kappa shape index (κ3) is 4.59. The summed E-state index contributed by atoms with van der Waals surface area (Å²) in [6, 6.07) is 4.75. The molecule has 1 aromatic heterocycles. The molecule has 1 amide bonds. The molecule has 1 aromatic carbocycles. The number of nitrogens with one attached hydrogen (secondary N) is 1. The zero-order valence-corrected chi connectivity index (χ0v) is 14.3. The first-order valence-electron chi connectivity index (χ1n) is 7.05. The topological polar surface area (TPSA) is 101 Å². The van der Waals surface area contributed by atoms with E-state index in [1.165, 1.54) is 23.6 Å². The molecule has 24 heavy (non-hydrogen) atoms. The second-order valence-corrected chi connectivity index (χ2v) is 6.29. The molecule has 1 heterocycles. The highest BCUT2D eigenvalue weighted by Gasteiger charge is 2.15. The average Bonchev–Trinajstić information content (AvgIpc) is 2.91. The number of carbonyl (C=O) groups is 1. The number of nitro benzene ring substituents is 1. The molecular formula is C15H17N5O3S. The van der Waals surface area contributed by atoms with E-state index in [-0.39, 0.29) is 18.0 Å². The SMILES string of the molecule is Cc1nc(CC(=O)N/N=C\c2ccc(N(C)C)c([N+](=O)[O-])c2)cs1. The highest BCUT2D eigenvalue weighted by molar-refractivity contribution is 7.09. The van der Waals surface area contributed by atoms with Gasteiger partial charge in [0.15, 0.2) is 0 Å². The van der Waals surface area contributed by atoms with E-state index in [2.05, 4.69) is 15.5 Å². The molecule has 2 rings (SSSR count). The fraction of sp³-hybridized carbons (Fsp3) is 0.267. The number of amides is 1. The molecule has 0 saturated carbocycles. The Kier molecular flexibility index (Phi) is 5.59. The molecule has 0 aliphatic heterocycles. The minimum Gasteiger partial charge on any atom is -0.372 e. The fourth-order valence-corrected chi connectivity index (χ4v) is 2.63. The Balaban J connectivity index is 2.02. The summed E-state index contributed by atoms with van der Waals surface area (Å²) < 4.78 is 0. The lowest BCUT2D eigenvalue weighted by Crippen LogP contribution is -2.20. The number of nitro groups is 1. The van der Waals surface area contributed by atoms with Gasteiger partial charge in [0.05, 0.1) is 28.3 Å². The molecule has 8 nitrogen and oxygen atoms in total. The molecule has 0 aliphatic carbocycles. The van der Waals surface area contributed by atoms with Crippen molar-refractivity contribution in [3.63, 3.8) is 0 Å². The van der Waals surface area contributed by atoms with Crippen LogP contribution in [0.25, 0.3) is 0 Å². The number of carbonyl (C=O) groups excluding carboxylic acids is 1. The number of anilines is 1. The van der Waals surface area contributed by atoms with Crippen molar-refractivity contribution in [2.24, 2.45) is 5.10 Å². The number of rotatable bonds is 6. The maximum atomic E-state index is 11.8. The summed E-state index contributed by atoms with van der Waals surface area (Å²) >= 11 is 1.48. The highest BCUT2D eigenvalue weighted by Crippen LogP contribution is 2.27. The van der Waals surface area contributed by atoms with Crippen molar-refractivity contribution in [3.05, 3.63) is 50.0 Å². The molecule has 0 atom stereocenters. The van der Waals surface area contributed by atoms with Crippen LogP contribution in [0.2, 0.25) is 0 Å². The van der Waals surface area contributed by atoms with Crippen molar-refractivity contribution >= 4 is 34.8 Å².